The molecule has 0 aliphatic heterocycles. The largest absolute Gasteiger partial charge is 0.481 e. The molecule has 4 nitrogen and oxygen atoms in total. The van der Waals surface area contributed by atoms with Crippen LogP contribution >= 0.6 is 23.4 Å². The van der Waals surface area contributed by atoms with Crippen molar-refractivity contribution >= 4 is 35.2 Å². The second-order valence-electron chi connectivity index (χ2n) is 4.34. The summed E-state index contributed by atoms with van der Waals surface area (Å²) >= 11 is 7.58. The van der Waals surface area contributed by atoms with Gasteiger partial charge in [0.05, 0.1) is 5.02 Å². The molecule has 0 heterocycles. The van der Waals surface area contributed by atoms with E-state index >= 15 is 0 Å². The molecule has 20 heavy (non-hydrogen) atoms. The summed E-state index contributed by atoms with van der Waals surface area (Å²) < 4.78 is 0. The summed E-state index contributed by atoms with van der Waals surface area (Å²) in [6, 6.07) is 7.53. The molecule has 0 radical (unpaired) electrons. The number of carboxylic acids is 1. The zero-order valence-corrected chi connectivity index (χ0v) is 12.9. The monoisotopic (exact) mass is 315 g/mol. The summed E-state index contributed by atoms with van der Waals surface area (Å²) in [5.74, 6) is -0.152. The summed E-state index contributed by atoms with van der Waals surface area (Å²) in [7, 11) is 1.70. The van der Waals surface area contributed by atoms with Gasteiger partial charge in [0.25, 0.3) is 0 Å². The van der Waals surface area contributed by atoms with Crippen LogP contribution in [0.15, 0.2) is 29.2 Å². The molecule has 0 bridgehead atoms. The molecule has 1 aromatic rings. The van der Waals surface area contributed by atoms with Crippen molar-refractivity contribution in [2.24, 2.45) is 0 Å². The number of benzene rings is 1. The van der Waals surface area contributed by atoms with Crippen molar-refractivity contribution < 1.29 is 14.7 Å². The Morgan fingerprint density at radius 1 is 1.30 bits per heavy atom. The highest BCUT2D eigenvalue weighted by molar-refractivity contribution is 7.99. The predicted octanol–water partition coefficient (Wildman–Crippen LogP) is 3.15. The van der Waals surface area contributed by atoms with Gasteiger partial charge in [-0.25, -0.2) is 0 Å². The van der Waals surface area contributed by atoms with E-state index in [4.69, 9.17) is 16.7 Å². The normalized spacial score (nSPS) is 10.3. The second-order valence-corrected chi connectivity index (χ2v) is 5.89. The molecule has 6 heteroatoms. The lowest BCUT2D eigenvalue weighted by Crippen LogP contribution is -2.28. The molecular weight excluding hydrogens is 298 g/mol. The van der Waals surface area contributed by atoms with Crippen molar-refractivity contribution in [3.63, 3.8) is 0 Å². The van der Waals surface area contributed by atoms with E-state index in [-0.39, 0.29) is 12.3 Å². The predicted molar refractivity (Wildman–Crippen MR) is 81.3 cm³/mol. The van der Waals surface area contributed by atoms with Gasteiger partial charge >= 0.3 is 5.97 Å². The van der Waals surface area contributed by atoms with Crippen LogP contribution in [0.2, 0.25) is 5.02 Å². The minimum Gasteiger partial charge on any atom is -0.481 e. The van der Waals surface area contributed by atoms with Crippen LogP contribution in [-0.2, 0) is 9.59 Å². The third-order valence-electron chi connectivity index (χ3n) is 2.72. The lowest BCUT2D eigenvalue weighted by molar-refractivity contribution is -0.138. The van der Waals surface area contributed by atoms with Gasteiger partial charge in [0.15, 0.2) is 0 Å². The minimum atomic E-state index is -0.833. The summed E-state index contributed by atoms with van der Waals surface area (Å²) in [6.07, 6.45) is 0.987. The van der Waals surface area contributed by atoms with Crippen LogP contribution in [0.25, 0.3) is 0 Å². The van der Waals surface area contributed by atoms with Gasteiger partial charge in [-0.05, 0) is 18.6 Å². The molecule has 1 amide bonds. The lowest BCUT2D eigenvalue weighted by atomic mass is 10.3. The minimum absolute atomic E-state index is 0.0231. The Bertz CT molecular complexity index is 467. The Balaban J connectivity index is 2.25. The van der Waals surface area contributed by atoms with Crippen LogP contribution in [0.4, 0.5) is 0 Å². The smallest absolute Gasteiger partial charge is 0.303 e. The van der Waals surface area contributed by atoms with E-state index in [1.54, 1.807) is 23.7 Å². The van der Waals surface area contributed by atoms with Crippen molar-refractivity contribution in [2.45, 2.75) is 24.2 Å². The van der Waals surface area contributed by atoms with Crippen LogP contribution in [0, 0.1) is 0 Å². The van der Waals surface area contributed by atoms with Crippen LogP contribution in [0.5, 0.6) is 0 Å². The molecule has 0 spiro atoms. The molecule has 1 rings (SSSR count). The van der Waals surface area contributed by atoms with Gasteiger partial charge in [-0.15, -0.1) is 11.8 Å². The van der Waals surface area contributed by atoms with Crippen LogP contribution in [-0.4, -0.2) is 41.2 Å². The molecule has 0 aliphatic rings. The van der Waals surface area contributed by atoms with E-state index in [1.807, 2.05) is 24.3 Å². The number of hydrogen-bond acceptors (Lipinski definition) is 3. The first kappa shape index (κ1) is 16.9. The lowest BCUT2D eigenvalue weighted by Gasteiger charge is -2.16. The van der Waals surface area contributed by atoms with Gasteiger partial charge in [0.1, 0.15) is 0 Å². The highest BCUT2D eigenvalue weighted by atomic mass is 35.5. The Kier molecular flexibility index (Phi) is 7.47. The van der Waals surface area contributed by atoms with Crippen molar-refractivity contribution in [3.8, 4) is 0 Å². The molecule has 1 N–H and O–H groups in total. The number of hydrogen-bond donors (Lipinski definition) is 1. The number of carbonyl (C=O) groups excluding carboxylic acids is 1. The average Bonchev–Trinajstić information content (AvgIpc) is 2.40. The van der Waals surface area contributed by atoms with Gasteiger partial charge in [-0.1, -0.05) is 23.7 Å². The molecule has 110 valence electrons. The summed E-state index contributed by atoms with van der Waals surface area (Å²) in [4.78, 5) is 24.8. The first-order valence-corrected chi connectivity index (χ1v) is 7.70. The van der Waals surface area contributed by atoms with Crippen molar-refractivity contribution in [1.82, 2.24) is 4.90 Å². The van der Waals surface area contributed by atoms with Crippen molar-refractivity contribution in [3.05, 3.63) is 29.3 Å². The zero-order valence-electron chi connectivity index (χ0n) is 11.3. The molecule has 0 saturated heterocycles. The number of carbonyl (C=O) groups is 2. The maximum absolute atomic E-state index is 11.8. The molecule has 0 atom stereocenters. The van der Waals surface area contributed by atoms with Gasteiger partial charge in [0.2, 0.25) is 5.91 Å². The van der Waals surface area contributed by atoms with Crippen molar-refractivity contribution in [2.75, 3.05) is 19.3 Å². The number of aliphatic carboxylic acids is 1. The molecule has 0 aliphatic carbocycles. The van der Waals surface area contributed by atoms with Crippen LogP contribution in [0.1, 0.15) is 19.3 Å². The molecule has 0 aromatic heterocycles. The Morgan fingerprint density at radius 3 is 2.65 bits per heavy atom. The summed E-state index contributed by atoms with van der Waals surface area (Å²) in [6.45, 7) is 0.474. The van der Waals surface area contributed by atoms with Gasteiger partial charge < -0.3 is 10.0 Å². The Morgan fingerprint density at radius 2 is 2.00 bits per heavy atom. The molecule has 1 aromatic carbocycles. The third-order valence-corrected chi connectivity index (χ3v) is 4.24. The van der Waals surface area contributed by atoms with E-state index in [1.165, 1.54) is 0 Å². The number of carboxylic acid groups (broad SMARTS) is 1. The van der Waals surface area contributed by atoms with E-state index in [0.29, 0.717) is 30.2 Å². The highest BCUT2D eigenvalue weighted by Gasteiger charge is 2.09. The first-order valence-electron chi connectivity index (χ1n) is 6.34. The first-order chi connectivity index (χ1) is 9.50. The van der Waals surface area contributed by atoms with Crippen LogP contribution in [0.3, 0.4) is 0 Å². The Hall–Kier alpha value is -1.20. The third kappa shape index (κ3) is 6.30. The quantitative estimate of drug-likeness (QED) is 0.749. The topological polar surface area (TPSA) is 57.6 Å². The fourth-order valence-corrected chi connectivity index (χ4v) is 2.77. The van der Waals surface area contributed by atoms with Gasteiger partial charge in [-0.3, -0.25) is 9.59 Å². The van der Waals surface area contributed by atoms with Gasteiger partial charge in [0, 0.05) is 37.1 Å². The van der Waals surface area contributed by atoms with E-state index < -0.39 is 5.97 Å². The van der Waals surface area contributed by atoms with Gasteiger partial charge in [-0.2, -0.15) is 0 Å². The second kappa shape index (κ2) is 8.87. The number of rotatable bonds is 8. The molecular formula is C14H18ClNO3S. The van der Waals surface area contributed by atoms with Crippen molar-refractivity contribution in [1.29, 1.82) is 0 Å². The van der Waals surface area contributed by atoms with E-state index in [2.05, 4.69) is 0 Å². The fourth-order valence-electron chi connectivity index (χ4n) is 1.59. The Labute approximate surface area is 128 Å². The average molecular weight is 316 g/mol. The number of nitrogens with zero attached hydrogens (tertiary/aromatic N) is 1. The molecule has 0 fully saturated rings. The fraction of sp³-hybridized carbons (Fsp3) is 0.429. The van der Waals surface area contributed by atoms with E-state index in [0.717, 1.165) is 4.90 Å². The van der Waals surface area contributed by atoms with Crippen LogP contribution < -0.4 is 0 Å². The standard InChI is InChI=1S/C14H18ClNO3S/c1-16(9-4-7-14(18)19)13(17)8-10-20-12-6-3-2-5-11(12)15/h2-3,5-6H,4,7-10H2,1H3,(H,18,19). The summed E-state index contributed by atoms with van der Waals surface area (Å²) in [5.41, 5.74) is 0. The maximum atomic E-state index is 11.8. The number of thioether (sulfide) groups is 1. The SMILES string of the molecule is CN(CCCC(=O)O)C(=O)CCSc1ccccc1Cl. The molecule has 0 saturated carbocycles. The van der Waals surface area contributed by atoms with E-state index in [9.17, 15) is 9.59 Å². The maximum Gasteiger partial charge on any atom is 0.303 e. The number of halogens is 1. The highest BCUT2D eigenvalue weighted by Crippen LogP contribution is 2.26. The molecule has 0 unspecified atom stereocenters. The number of amides is 1. The zero-order chi connectivity index (χ0) is 15.0. The summed E-state index contributed by atoms with van der Waals surface area (Å²) in [5, 5.41) is 9.23.